The van der Waals surface area contributed by atoms with Crippen LogP contribution in [0, 0.1) is 0 Å². The van der Waals surface area contributed by atoms with E-state index < -0.39 is 0 Å². The molecule has 0 fully saturated rings. The number of benzene rings is 1. The van der Waals surface area contributed by atoms with Gasteiger partial charge >= 0.3 is 6.03 Å². The number of fused-ring (bicyclic) bond motifs is 1. The predicted molar refractivity (Wildman–Crippen MR) is 63.1 cm³/mol. The standard InChI is InChI=1S/C11H12N2OS/c1-12-11(14)13-7-9-6-8-4-2-3-5-10(8)15-9/h2-6H,7H2,1H3,(H2,12,13,14). The topological polar surface area (TPSA) is 41.1 Å². The zero-order chi connectivity index (χ0) is 10.7. The summed E-state index contributed by atoms with van der Waals surface area (Å²) in [7, 11) is 1.61. The molecule has 0 aliphatic rings. The molecule has 3 nitrogen and oxygen atoms in total. The van der Waals surface area contributed by atoms with Crippen LogP contribution in [-0.2, 0) is 6.54 Å². The Labute approximate surface area is 92.1 Å². The van der Waals surface area contributed by atoms with E-state index in [1.807, 2.05) is 12.1 Å². The van der Waals surface area contributed by atoms with E-state index in [9.17, 15) is 4.79 Å². The number of hydrogen-bond donors (Lipinski definition) is 2. The van der Waals surface area contributed by atoms with Crippen LogP contribution in [0.25, 0.3) is 10.1 Å². The van der Waals surface area contributed by atoms with Crippen LogP contribution in [0.1, 0.15) is 4.88 Å². The van der Waals surface area contributed by atoms with Gasteiger partial charge < -0.3 is 10.6 Å². The summed E-state index contributed by atoms with van der Waals surface area (Å²) in [5.74, 6) is 0. The average molecular weight is 220 g/mol. The number of urea groups is 1. The molecule has 0 aliphatic carbocycles. The Balaban J connectivity index is 2.12. The first-order valence-electron chi connectivity index (χ1n) is 4.72. The molecular weight excluding hydrogens is 208 g/mol. The minimum absolute atomic E-state index is 0.146. The maximum Gasteiger partial charge on any atom is 0.314 e. The summed E-state index contributed by atoms with van der Waals surface area (Å²) < 4.78 is 1.26. The van der Waals surface area contributed by atoms with Gasteiger partial charge in [-0.25, -0.2) is 4.79 Å². The SMILES string of the molecule is CNC(=O)NCc1cc2ccccc2s1. The summed E-state index contributed by atoms with van der Waals surface area (Å²) in [6.07, 6.45) is 0. The van der Waals surface area contributed by atoms with Crippen LogP contribution in [0.2, 0.25) is 0 Å². The molecule has 2 amide bonds. The summed E-state index contributed by atoms with van der Waals surface area (Å²) in [5, 5.41) is 6.53. The third-order valence-electron chi connectivity index (χ3n) is 2.13. The smallest absolute Gasteiger partial charge is 0.314 e. The van der Waals surface area contributed by atoms with E-state index in [1.165, 1.54) is 15.0 Å². The molecule has 0 unspecified atom stereocenters. The monoisotopic (exact) mass is 220 g/mol. The Morgan fingerprint density at radius 2 is 2.20 bits per heavy atom. The molecule has 78 valence electrons. The van der Waals surface area contributed by atoms with Crippen molar-refractivity contribution < 1.29 is 4.79 Å². The molecule has 15 heavy (non-hydrogen) atoms. The number of carbonyl (C=O) groups is 1. The molecule has 0 saturated heterocycles. The Hall–Kier alpha value is -1.55. The van der Waals surface area contributed by atoms with Crippen molar-refractivity contribution >= 4 is 27.5 Å². The number of carbonyl (C=O) groups excluding carboxylic acids is 1. The molecule has 0 saturated carbocycles. The lowest BCUT2D eigenvalue weighted by atomic mass is 10.2. The molecule has 2 aromatic rings. The first kappa shape index (κ1) is 9.98. The number of amides is 2. The Kier molecular flexibility index (Phi) is 2.87. The third-order valence-corrected chi connectivity index (χ3v) is 3.24. The lowest BCUT2D eigenvalue weighted by Gasteiger charge is -2.00. The Morgan fingerprint density at radius 3 is 2.93 bits per heavy atom. The van der Waals surface area contributed by atoms with Gasteiger partial charge in [0.2, 0.25) is 0 Å². The first-order valence-corrected chi connectivity index (χ1v) is 5.54. The van der Waals surface area contributed by atoms with Gasteiger partial charge in [-0.05, 0) is 17.5 Å². The summed E-state index contributed by atoms with van der Waals surface area (Å²) in [6.45, 7) is 0.582. The van der Waals surface area contributed by atoms with Crippen LogP contribution in [0.4, 0.5) is 4.79 Å². The van der Waals surface area contributed by atoms with Gasteiger partial charge in [0.05, 0.1) is 6.54 Å². The van der Waals surface area contributed by atoms with Crippen molar-refractivity contribution in [3.63, 3.8) is 0 Å². The number of thiophene rings is 1. The van der Waals surface area contributed by atoms with E-state index in [2.05, 4.69) is 28.8 Å². The van der Waals surface area contributed by atoms with Gasteiger partial charge in [-0.3, -0.25) is 0 Å². The molecule has 2 N–H and O–H groups in total. The van der Waals surface area contributed by atoms with Crippen molar-refractivity contribution in [2.45, 2.75) is 6.54 Å². The second-order valence-electron chi connectivity index (χ2n) is 3.18. The number of hydrogen-bond acceptors (Lipinski definition) is 2. The van der Waals surface area contributed by atoms with E-state index in [-0.39, 0.29) is 6.03 Å². The van der Waals surface area contributed by atoms with Crippen molar-refractivity contribution in [1.82, 2.24) is 10.6 Å². The van der Waals surface area contributed by atoms with E-state index in [0.29, 0.717) is 6.54 Å². The number of rotatable bonds is 2. The highest BCUT2D eigenvalue weighted by Gasteiger charge is 2.02. The van der Waals surface area contributed by atoms with Crippen molar-refractivity contribution in [3.05, 3.63) is 35.2 Å². The van der Waals surface area contributed by atoms with Crippen LogP contribution in [0.5, 0.6) is 0 Å². The molecule has 0 radical (unpaired) electrons. The van der Waals surface area contributed by atoms with Crippen LogP contribution in [0.15, 0.2) is 30.3 Å². The zero-order valence-electron chi connectivity index (χ0n) is 8.41. The lowest BCUT2D eigenvalue weighted by molar-refractivity contribution is 0.242. The third kappa shape index (κ3) is 2.27. The molecule has 0 spiro atoms. The van der Waals surface area contributed by atoms with Gasteiger partial charge in [0, 0.05) is 16.6 Å². The molecule has 0 aliphatic heterocycles. The van der Waals surface area contributed by atoms with Crippen LogP contribution in [0.3, 0.4) is 0 Å². The largest absolute Gasteiger partial charge is 0.341 e. The van der Waals surface area contributed by atoms with E-state index >= 15 is 0 Å². The molecule has 2 rings (SSSR count). The first-order chi connectivity index (χ1) is 7.29. The molecule has 0 atom stereocenters. The van der Waals surface area contributed by atoms with Gasteiger partial charge in [0.25, 0.3) is 0 Å². The van der Waals surface area contributed by atoms with Gasteiger partial charge in [0.1, 0.15) is 0 Å². The molecule has 0 bridgehead atoms. The molecule has 1 aromatic heterocycles. The zero-order valence-corrected chi connectivity index (χ0v) is 9.23. The van der Waals surface area contributed by atoms with Gasteiger partial charge in [-0.2, -0.15) is 0 Å². The minimum Gasteiger partial charge on any atom is -0.341 e. The maximum atomic E-state index is 11.0. The van der Waals surface area contributed by atoms with Crippen molar-refractivity contribution in [2.75, 3.05) is 7.05 Å². The fourth-order valence-corrected chi connectivity index (χ4v) is 2.38. The summed E-state index contributed by atoms with van der Waals surface area (Å²) >= 11 is 1.71. The van der Waals surface area contributed by atoms with Crippen molar-refractivity contribution in [1.29, 1.82) is 0 Å². The molecule has 4 heteroatoms. The van der Waals surface area contributed by atoms with Crippen molar-refractivity contribution in [2.24, 2.45) is 0 Å². The van der Waals surface area contributed by atoms with Crippen LogP contribution < -0.4 is 10.6 Å². The normalized spacial score (nSPS) is 10.2. The second-order valence-corrected chi connectivity index (χ2v) is 4.35. The molecular formula is C11H12N2OS. The van der Waals surface area contributed by atoms with E-state index in [1.54, 1.807) is 18.4 Å². The van der Waals surface area contributed by atoms with Crippen LogP contribution in [-0.4, -0.2) is 13.1 Å². The predicted octanol–water partition coefficient (Wildman–Crippen LogP) is 2.33. The second kappa shape index (κ2) is 4.31. The highest BCUT2D eigenvalue weighted by Crippen LogP contribution is 2.24. The van der Waals surface area contributed by atoms with Crippen LogP contribution >= 0.6 is 11.3 Å². The Bertz CT molecular complexity index is 445. The van der Waals surface area contributed by atoms with Crippen molar-refractivity contribution in [3.8, 4) is 0 Å². The summed E-state index contributed by atoms with van der Waals surface area (Å²) in [5.41, 5.74) is 0. The highest BCUT2D eigenvalue weighted by atomic mass is 32.1. The highest BCUT2D eigenvalue weighted by molar-refractivity contribution is 7.19. The average Bonchev–Trinajstić information content (AvgIpc) is 2.68. The maximum absolute atomic E-state index is 11.0. The fourth-order valence-electron chi connectivity index (χ4n) is 1.38. The fraction of sp³-hybridized carbons (Fsp3) is 0.182. The quantitative estimate of drug-likeness (QED) is 0.801. The minimum atomic E-state index is -0.146. The van der Waals surface area contributed by atoms with Gasteiger partial charge in [-0.15, -0.1) is 11.3 Å². The molecule has 1 aromatic carbocycles. The van der Waals surface area contributed by atoms with Gasteiger partial charge in [-0.1, -0.05) is 18.2 Å². The number of nitrogens with one attached hydrogen (secondary N) is 2. The summed E-state index contributed by atoms with van der Waals surface area (Å²) in [4.78, 5) is 12.1. The van der Waals surface area contributed by atoms with E-state index in [4.69, 9.17) is 0 Å². The van der Waals surface area contributed by atoms with Gasteiger partial charge in [0.15, 0.2) is 0 Å². The molecule has 1 heterocycles. The lowest BCUT2D eigenvalue weighted by Crippen LogP contribution is -2.31. The summed E-state index contributed by atoms with van der Waals surface area (Å²) in [6, 6.07) is 10.2. The Morgan fingerprint density at radius 1 is 1.40 bits per heavy atom. The van der Waals surface area contributed by atoms with E-state index in [0.717, 1.165) is 0 Å².